The van der Waals surface area contributed by atoms with Crippen LogP contribution in [0.15, 0.2) is 34.9 Å². The smallest absolute Gasteiger partial charge is 0.305 e. The first kappa shape index (κ1) is 14.9. The predicted octanol–water partition coefficient (Wildman–Crippen LogP) is 3.23. The van der Waals surface area contributed by atoms with Gasteiger partial charge in [-0.1, -0.05) is 35.0 Å². The highest BCUT2D eigenvalue weighted by atomic mass is 79.9. The van der Waals surface area contributed by atoms with E-state index in [9.17, 15) is 9.90 Å². The maximum Gasteiger partial charge on any atom is 0.305 e. The van der Waals surface area contributed by atoms with Crippen molar-refractivity contribution in [2.75, 3.05) is 7.11 Å². The fraction of sp³-hybridized carbons (Fsp3) is 0.333. The molecule has 2 aromatic rings. The van der Waals surface area contributed by atoms with Gasteiger partial charge in [0.2, 0.25) is 0 Å². The van der Waals surface area contributed by atoms with E-state index in [0.29, 0.717) is 0 Å². The molecule has 0 aliphatic carbocycles. The van der Waals surface area contributed by atoms with Gasteiger partial charge in [-0.05, 0) is 18.1 Å². The number of carbonyl (C=O) groups is 1. The fourth-order valence-corrected chi connectivity index (χ4v) is 2.61. The number of halogens is 1. The lowest BCUT2D eigenvalue weighted by Gasteiger charge is -2.19. The number of aliphatic hydroxyl groups excluding tert-OH is 1. The van der Waals surface area contributed by atoms with Crippen molar-refractivity contribution < 1.29 is 14.6 Å². The lowest BCUT2D eigenvalue weighted by molar-refractivity contribution is -0.142. The molecule has 1 aromatic heterocycles. The van der Waals surface area contributed by atoms with Gasteiger partial charge in [-0.15, -0.1) is 0 Å². The second-order valence-corrected chi connectivity index (χ2v) is 5.59. The SMILES string of the molecule is COC(=O)CC(C)C(O)c1ccc(Br)c2cccnc12. The average Bonchev–Trinajstić information content (AvgIpc) is 2.47. The Morgan fingerprint density at radius 2 is 2.20 bits per heavy atom. The molecular formula is C15H16BrNO3. The Bertz CT molecular complexity index is 630. The minimum Gasteiger partial charge on any atom is -0.469 e. The molecular weight excluding hydrogens is 322 g/mol. The quantitative estimate of drug-likeness (QED) is 0.870. The van der Waals surface area contributed by atoms with Crippen LogP contribution in [0.1, 0.15) is 25.0 Å². The summed E-state index contributed by atoms with van der Waals surface area (Å²) in [5.41, 5.74) is 1.46. The third kappa shape index (κ3) is 2.99. The number of benzene rings is 1. The number of aromatic nitrogens is 1. The van der Waals surface area contributed by atoms with Gasteiger partial charge in [0, 0.05) is 21.6 Å². The van der Waals surface area contributed by atoms with Crippen molar-refractivity contribution in [3.05, 3.63) is 40.5 Å². The summed E-state index contributed by atoms with van der Waals surface area (Å²) < 4.78 is 5.57. The first-order valence-corrected chi connectivity index (χ1v) is 7.12. The highest BCUT2D eigenvalue weighted by molar-refractivity contribution is 9.10. The van der Waals surface area contributed by atoms with Crippen molar-refractivity contribution in [3.8, 4) is 0 Å². The molecule has 0 aliphatic rings. The average molecular weight is 338 g/mol. The monoisotopic (exact) mass is 337 g/mol. The van der Waals surface area contributed by atoms with Crippen LogP contribution in [0, 0.1) is 5.92 Å². The van der Waals surface area contributed by atoms with Gasteiger partial charge in [-0.2, -0.15) is 0 Å². The zero-order valence-electron chi connectivity index (χ0n) is 11.3. The van der Waals surface area contributed by atoms with Crippen LogP contribution in [0.2, 0.25) is 0 Å². The van der Waals surface area contributed by atoms with Crippen LogP contribution in [-0.2, 0) is 9.53 Å². The molecule has 0 bridgehead atoms. The van der Waals surface area contributed by atoms with Gasteiger partial charge in [0.25, 0.3) is 0 Å². The minimum atomic E-state index is -0.764. The van der Waals surface area contributed by atoms with Crippen molar-refractivity contribution in [2.45, 2.75) is 19.4 Å². The second-order valence-electron chi connectivity index (χ2n) is 4.74. The van der Waals surface area contributed by atoms with E-state index in [1.807, 2.05) is 31.2 Å². The van der Waals surface area contributed by atoms with E-state index < -0.39 is 6.10 Å². The van der Waals surface area contributed by atoms with Crippen molar-refractivity contribution in [2.24, 2.45) is 5.92 Å². The predicted molar refractivity (Wildman–Crippen MR) is 80.2 cm³/mol. The summed E-state index contributed by atoms with van der Waals surface area (Å²) in [4.78, 5) is 15.7. The number of carbonyl (C=O) groups excluding carboxylic acids is 1. The molecule has 1 aromatic carbocycles. The highest BCUT2D eigenvalue weighted by Gasteiger charge is 2.22. The number of rotatable bonds is 4. The van der Waals surface area contributed by atoms with Crippen LogP contribution in [0.25, 0.3) is 10.9 Å². The Morgan fingerprint density at radius 1 is 1.45 bits per heavy atom. The molecule has 2 atom stereocenters. The number of nitrogens with zero attached hydrogens (tertiary/aromatic N) is 1. The van der Waals surface area contributed by atoms with E-state index in [1.165, 1.54) is 7.11 Å². The van der Waals surface area contributed by atoms with E-state index in [2.05, 4.69) is 25.7 Å². The lowest BCUT2D eigenvalue weighted by Crippen LogP contribution is -2.15. The van der Waals surface area contributed by atoms with E-state index in [4.69, 9.17) is 0 Å². The van der Waals surface area contributed by atoms with E-state index >= 15 is 0 Å². The second kappa shape index (κ2) is 6.33. The molecule has 0 fully saturated rings. The number of fused-ring (bicyclic) bond motifs is 1. The number of ether oxygens (including phenoxy) is 1. The molecule has 0 saturated heterocycles. The highest BCUT2D eigenvalue weighted by Crippen LogP contribution is 2.32. The number of methoxy groups -OCH3 is 1. The Balaban J connectivity index is 2.37. The van der Waals surface area contributed by atoms with E-state index in [-0.39, 0.29) is 18.3 Å². The Kier molecular flexibility index (Phi) is 4.73. The first-order chi connectivity index (χ1) is 9.54. The van der Waals surface area contributed by atoms with Gasteiger partial charge in [0.1, 0.15) is 0 Å². The molecule has 0 radical (unpaired) electrons. The minimum absolute atomic E-state index is 0.169. The standard InChI is InChI=1S/C15H16BrNO3/c1-9(8-13(18)20-2)15(19)11-5-6-12(16)10-4-3-7-17-14(10)11/h3-7,9,15,19H,8H2,1-2H3. The molecule has 1 heterocycles. The van der Waals surface area contributed by atoms with Gasteiger partial charge in [-0.25, -0.2) is 0 Å². The Hall–Kier alpha value is -1.46. The zero-order chi connectivity index (χ0) is 14.7. The maximum atomic E-state index is 11.3. The summed E-state index contributed by atoms with van der Waals surface area (Å²) in [6, 6.07) is 7.50. The molecule has 1 N–H and O–H groups in total. The Morgan fingerprint density at radius 3 is 2.90 bits per heavy atom. The number of esters is 1. The third-order valence-corrected chi connectivity index (χ3v) is 4.01. The zero-order valence-corrected chi connectivity index (χ0v) is 12.9. The van der Waals surface area contributed by atoms with Crippen molar-refractivity contribution >= 4 is 32.8 Å². The molecule has 2 unspecified atom stereocenters. The largest absolute Gasteiger partial charge is 0.469 e. The molecule has 0 aliphatic heterocycles. The van der Waals surface area contributed by atoms with Gasteiger partial charge in [-0.3, -0.25) is 9.78 Å². The van der Waals surface area contributed by atoms with Crippen LogP contribution in [0.5, 0.6) is 0 Å². The number of aliphatic hydroxyl groups is 1. The number of hydrogen-bond acceptors (Lipinski definition) is 4. The molecule has 0 spiro atoms. The van der Waals surface area contributed by atoms with Gasteiger partial charge < -0.3 is 9.84 Å². The van der Waals surface area contributed by atoms with Crippen LogP contribution >= 0.6 is 15.9 Å². The number of pyridine rings is 1. The molecule has 20 heavy (non-hydrogen) atoms. The van der Waals surface area contributed by atoms with Crippen LogP contribution in [0.3, 0.4) is 0 Å². The number of hydrogen-bond donors (Lipinski definition) is 1. The summed E-state index contributed by atoms with van der Waals surface area (Å²) >= 11 is 3.47. The summed E-state index contributed by atoms with van der Waals surface area (Å²) in [5.74, 6) is -0.570. The molecule has 5 heteroatoms. The molecule has 0 amide bonds. The molecule has 0 saturated carbocycles. The summed E-state index contributed by atoms with van der Waals surface area (Å²) in [5, 5.41) is 11.4. The molecule has 4 nitrogen and oxygen atoms in total. The van der Waals surface area contributed by atoms with Crippen LogP contribution in [-0.4, -0.2) is 23.2 Å². The third-order valence-electron chi connectivity index (χ3n) is 3.32. The van der Waals surface area contributed by atoms with Crippen molar-refractivity contribution in [1.82, 2.24) is 4.98 Å². The Labute approximate surface area is 125 Å². The fourth-order valence-electron chi connectivity index (χ4n) is 2.16. The van der Waals surface area contributed by atoms with Gasteiger partial charge in [0.15, 0.2) is 0 Å². The summed E-state index contributed by atoms with van der Waals surface area (Å²) in [6.45, 7) is 1.82. The summed E-state index contributed by atoms with van der Waals surface area (Å²) in [6.07, 6.45) is 1.09. The van der Waals surface area contributed by atoms with Crippen LogP contribution < -0.4 is 0 Å². The van der Waals surface area contributed by atoms with E-state index in [0.717, 1.165) is 20.9 Å². The van der Waals surface area contributed by atoms with Gasteiger partial charge in [0.05, 0.1) is 25.2 Å². The molecule has 2 rings (SSSR count). The van der Waals surface area contributed by atoms with Crippen LogP contribution in [0.4, 0.5) is 0 Å². The van der Waals surface area contributed by atoms with Crippen molar-refractivity contribution in [1.29, 1.82) is 0 Å². The lowest BCUT2D eigenvalue weighted by atomic mass is 9.93. The maximum absolute atomic E-state index is 11.3. The topological polar surface area (TPSA) is 59.4 Å². The normalized spacial score (nSPS) is 14.0. The van der Waals surface area contributed by atoms with Gasteiger partial charge >= 0.3 is 5.97 Å². The van der Waals surface area contributed by atoms with E-state index in [1.54, 1.807) is 6.20 Å². The van der Waals surface area contributed by atoms with Crippen molar-refractivity contribution in [3.63, 3.8) is 0 Å². The first-order valence-electron chi connectivity index (χ1n) is 6.32. The summed E-state index contributed by atoms with van der Waals surface area (Å²) in [7, 11) is 1.35. The molecule has 106 valence electrons.